The van der Waals surface area contributed by atoms with Crippen molar-refractivity contribution in [2.75, 3.05) is 19.6 Å². The minimum Gasteiger partial charge on any atom is -0.356 e. The maximum absolute atomic E-state index is 11.8. The number of rotatable bonds is 5. The molecule has 1 aromatic carbocycles. The topological polar surface area (TPSA) is 41.1 Å². The summed E-state index contributed by atoms with van der Waals surface area (Å²) in [4.78, 5) is 11.8. The van der Waals surface area contributed by atoms with E-state index in [2.05, 4.69) is 10.6 Å². The zero-order valence-corrected chi connectivity index (χ0v) is 13.5. The number of amides is 1. The number of carbonyl (C=O) groups is 1. The molecule has 20 heavy (non-hydrogen) atoms. The predicted octanol–water partition coefficient (Wildman–Crippen LogP) is 3.07. The molecular formula is C14H19Cl3N2O. The first-order chi connectivity index (χ1) is 9.15. The Balaban J connectivity index is 0.00000200. The Morgan fingerprint density at radius 3 is 2.85 bits per heavy atom. The van der Waals surface area contributed by atoms with Gasteiger partial charge in [-0.1, -0.05) is 29.3 Å². The first-order valence-electron chi connectivity index (χ1n) is 6.56. The van der Waals surface area contributed by atoms with Crippen LogP contribution in [0.2, 0.25) is 10.0 Å². The molecule has 2 N–H and O–H groups in total. The molecule has 1 aromatic rings. The molecule has 1 atom stereocenters. The summed E-state index contributed by atoms with van der Waals surface area (Å²) in [6, 6.07) is 5.21. The third kappa shape index (κ3) is 5.49. The van der Waals surface area contributed by atoms with E-state index in [0.29, 0.717) is 22.4 Å². The van der Waals surface area contributed by atoms with Crippen molar-refractivity contribution in [2.45, 2.75) is 19.3 Å². The second-order valence-electron chi connectivity index (χ2n) is 4.91. The Morgan fingerprint density at radius 1 is 1.40 bits per heavy atom. The molecule has 1 unspecified atom stereocenters. The summed E-state index contributed by atoms with van der Waals surface area (Å²) in [5.41, 5.74) is 0.811. The molecule has 1 heterocycles. The van der Waals surface area contributed by atoms with Gasteiger partial charge < -0.3 is 10.6 Å². The Labute approximate surface area is 135 Å². The lowest BCUT2D eigenvalue weighted by Gasteiger charge is -2.10. The SMILES string of the molecule is Cl.O=C(Cc1ccc(Cl)cc1Cl)NCCC1CCNC1. The predicted molar refractivity (Wildman–Crippen MR) is 86.0 cm³/mol. The monoisotopic (exact) mass is 336 g/mol. The van der Waals surface area contributed by atoms with Gasteiger partial charge >= 0.3 is 0 Å². The first-order valence-corrected chi connectivity index (χ1v) is 7.32. The van der Waals surface area contributed by atoms with Crippen molar-refractivity contribution in [3.8, 4) is 0 Å². The van der Waals surface area contributed by atoms with Crippen LogP contribution in [0.25, 0.3) is 0 Å². The summed E-state index contributed by atoms with van der Waals surface area (Å²) < 4.78 is 0. The van der Waals surface area contributed by atoms with Gasteiger partial charge in [0.1, 0.15) is 0 Å². The van der Waals surface area contributed by atoms with Gasteiger partial charge in [0.25, 0.3) is 0 Å². The molecule has 0 spiro atoms. The smallest absolute Gasteiger partial charge is 0.224 e. The van der Waals surface area contributed by atoms with Crippen LogP contribution in [0.4, 0.5) is 0 Å². The van der Waals surface area contributed by atoms with Crippen molar-refractivity contribution in [3.63, 3.8) is 0 Å². The number of hydrogen-bond acceptors (Lipinski definition) is 2. The molecule has 6 heteroatoms. The fraction of sp³-hybridized carbons (Fsp3) is 0.500. The highest BCUT2D eigenvalue weighted by atomic mass is 35.5. The zero-order chi connectivity index (χ0) is 13.7. The fourth-order valence-corrected chi connectivity index (χ4v) is 2.75. The van der Waals surface area contributed by atoms with Gasteiger partial charge in [0.05, 0.1) is 6.42 Å². The third-order valence-corrected chi connectivity index (χ3v) is 3.99. The van der Waals surface area contributed by atoms with Gasteiger partial charge in [0, 0.05) is 16.6 Å². The van der Waals surface area contributed by atoms with E-state index < -0.39 is 0 Å². The van der Waals surface area contributed by atoms with Crippen LogP contribution < -0.4 is 10.6 Å². The molecule has 3 nitrogen and oxygen atoms in total. The molecule has 1 aliphatic heterocycles. The fourth-order valence-electron chi connectivity index (χ4n) is 2.28. The Hall–Kier alpha value is -0.480. The van der Waals surface area contributed by atoms with E-state index >= 15 is 0 Å². The summed E-state index contributed by atoms with van der Waals surface area (Å²) in [7, 11) is 0. The van der Waals surface area contributed by atoms with E-state index in [9.17, 15) is 4.79 Å². The Morgan fingerprint density at radius 2 is 2.20 bits per heavy atom. The number of halogens is 3. The van der Waals surface area contributed by atoms with E-state index in [1.165, 1.54) is 6.42 Å². The van der Waals surface area contributed by atoms with Gasteiger partial charge in [-0.05, 0) is 49.5 Å². The number of benzene rings is 1. The molecule has 0 radical (unpaired) electrons. The summed E-state index contributed by atoms with van der Waals surface area (Å²) in [6.45, 7) is 2.90. The van der Waals surface area contributed by atoms with Crippen LogP contribution in [0.3, 0.4) is 0 Å². The number of hydrogen-bond donors (Lipinski definition) is 2. The van der Waals surface area contributed by atoms with Crippen molar-refractivity contribution >= 4 is 41.5 Å². The van der Waals surface area contributed by atoms with Gasteiger partial charge in [0.2, 0.25) is 5.91 Å². The lowest BCUT2D eigenvalue weighted by Crippen LogP contribution is -2.27. The van der Waals surface area contributed by atoms with Crippen molar-refractivity contribution in [2.24, 2.45) is 5.92 Å². The minimum atomic E-state index is 0. The maximum Gasteiger partial charge on any atom is 0.224 e. The standard InChI is InChI=1S/C14H18Cl2N2O.ClH/c15-12-2-1-11(13(16)8-12)7-14(19)18-6-4-10-3-5-17-9-10;/h1-2,8,10,17H,3-7,9H2,(H,18,19);1H. The molecule has 1 saturated heterocycles. The summed E-state index contributed by atoms with van der Waals surface area (Å²) >= 11 is 11.9. The second-order valence-corrected chi connectivity index (χ2v) is 5.75. The first kappa shape index (κ1) is 17.6. The van der Waals surface area contributed by atoms with Gasteiger partial charge in [-0.2, -0.15) is 0 Å². The molecule has 1 amide bonds. The van der Waals surface area contributed by atoms with Crippen LogP contribution in [0.1, 0.15) is 18.4 Å². The van der Waals surface area contributed by atoms with Crippen LogP contribution in [0, 0.1) is 5.92 Å². The van der Waals surface area contributed by atoms with E-state index in [0.717, 1.165) is 31.6 Å². The van der Waals surface area contributed by atoms with Crippen molar-refractivity contribution in [1.29, 1.82) is 0 Å². The summed E-state index contributed by atoms with van der Waals surface area (Å²) in [5.74, 6) is 0.703. The third-order valence-electron chi connectivity index (χ3n) is 3.40. The zero-order valence-electron chi connectivity index (χ0n) is 11.1. The highest BCUT2D eigenvalue weighted by Gasteiger charge is 2.14. The molecular weight excluding hydrogens is 319 g/mol. The molecule has 0 saturated carbocycles. The van der Waals surface area contributed by atoms with E-state index in [-0.39, 0.29) is 18.3 Å². The molecule has 2 rings (SSSR count). The van der Waals surface area contributed by atoms with Gasteiger partial charge in [-0.15, -0.1) is 12.4 Å². The molecule has 1 aliphatic rings. The van der Waals surface area contributed by atoms with Gasteiger partial charge in [-0.25, -0.2) is 0 Å². The highest BCUT2D eigenvalue weighted by molar-refractivity contribution is 6.35. The average molecular weight is 338 g/mol. The normalized spacial score (nSPS) is 17.6. The van der Waals surface area contributed by atoms with Crippen molar-refractivity contribution in [3.05, 3.63) is 33.8 Å². The van der Waals surface area contributed by atoms with Crippen LogP contribution >= 0.6 is 35.6 Å². The lowest BCUT2D eigenvalue weighted by molar-refractivity contribution is -0.120. The molecule has 0 bridgehead atoms. The molecule has 112 valence electrons. The summed E-state index contributed by atoms with van der Waals surface area (Å²) in [6.07, 6.45) is 2.55. The van der Waals surface area contributed by atoms with E-state index in [1.54, 1.807) is 18.2 Å². The molecule has 0 aromatic heterocycles. The van der Waals surface area contributed by atoms with Crippen molar-refractivity contribution in [1.82, 2.24) is 10.6 Å². The number of carbonyl (C=O) groups excluding carboxylic acids is 1. The van der Waals surface area contributed by atoms with Crippen LogP contribution in [0.15, 0.2) is 18.2 Å². The molecule has 1 fully saturated rings. The quantitative estimate of drug-likeness (QED) is 0.867. The van der Waals surface area contributed by atoms with Crippen LogP contribution in [-0.4, -0.2) is 25.5 Å². The molecule has 0 aliphatic carbocycles. The Kier molecular flexibility index (Phi) is 7.67. The summed E-state index contributed by atoms with van der Waals surface area (Å²) in [5, 5.41) is 7.39. The lowest BCUT2D eigenvalue weighted by atomic mass is 10.1. The highest BCUT2D eigenvalue weighted by Crippen LogP contribution is 2.21. The van der Waals surface area contributed by atoms with Crippen LogP contribution in [-0.2, 0) is 11.2 Å². The maximum atomic E-state index is 11.8. The number of nitrogens with one attached hydrogen (secondary N) is 2. The largest absolute Gasteiger partial charge is 0.356 e. The average Bonchev–Trinajstić information content (AvgIpc) is 2.86. The van der Waals surface area contributed by atoms with Gasteiger partial charge in [0.15, 0.2) is 0 Å². The van der Waals surface area contributed by atoms with E-state index in [1.807, 2.05) is 0 Å². The Bertz CT molecular complexity index is 448. The van der Waals surface area contributed by atoms with Crippen molar-refractivity contribution < 1.29 is 4.79 Å². The van der Waals surface area contributed by atoms with Gasteiger partial charge in [-0.3, -0.25) is 4.79 Å². The minimum absolute atomic E-state index is 0. The van der Waals surface area contributed by atoms with Crippen LogP contribution in [0.5, 0.6) is 0 Å². The van der Waals surface area contributed by atoms with E-state index in [4.69, 9.17) is 23.2 Å². The second kappa shape index (κ2) is 8.73.